The summed E-state index contributed by atoms with van der Waals surface area (Å²) in [6.45, 7) is 5.79. The van der Waals surface area contributed by atoms with Crippen LogP contribution in [0.4, 0.5) is 0 Å². The van der Waals surface area contributed by atoms with Crippen molar-refractivity contribution in [2.45, 2.75) is 37.8 Å². The van der Waals surface area contributed by atoms with E-state index in [1.807, 2.05) is 30.3 Å². The van der Waals surface area contributed by atoms with Crippen LogP contribution < -0.4 is 0 Å². The van der Waals surface area contributed by atoms with Crippen LogP contribution in [0.3, 0.4) is 0 Å². The predicted molar refractivity (Wildman–Crippen MR) is 117 cm³/mol. The molecule has 2 aliphatic rings. The number of carbonyl (C=O) groups excluding carboxylic acids is 2. The normalized spacial score (nSPS) is 22.1. The van der Waals surface area contributed by atoms with Crippen LogP contribution in [-0.2, 0) is 20.9 Å². The molecule has 0 spiro atoms. The third-order valence-electron chi connectivity index (χ3n) is 6.05. The maximum absolute atomic E-state index is 13.2. The van der Waals surface area contributed by atoms with Gasteiger partial charge in [0.15, 0.2) is 0 Å². The second-order valence-corrected chi connectivity index (χ2v) is 8.36. The monoisotopic (exact) mass is 422 g/mol. The summed E-state index contributed by atoms with van der Waals surface area (Å²) in [7, 11) is 0. The summed E-state index contributed by atoms with van der Waals surface area (Å²) in [5.74, 6) is 0.824. The van der Waals surface area contributed by atoms with E-state index in [1.54, 1.807) is 22.1 Å². The van der Waals surface area contributed by atoms with Crippen LogP contribution in [0.25, 0.3) is 0 Å². The summed E-state index contributed by atoms with van der Waals surface area (Å²) in [6.07, 6.45) is 6.11. The Bertz CT molecular complexity index is 874. The summed E-state index contributed by atoms with van der Waals surface area (Å²) < 4.78 is 11.2. The minimum Gasteiger partial charge on any atom is -0.467 e. The van der Waals surface area contributed by atoms with E-state index in [-0.39, 0.29) is 36.3 Å². The molecule has 0 N–H and O–H groups in total. The van der Waals surface area contributed by atoms with Crippen LogP contribution in [-0.4, -0.2) is 54.0 Å². The molecule has 6 heteroatoms. The Labute approximate surface area is 183 Å². The molecule has 2 fully saturated rings. The molecule has 0 radical (unpaired) electrons. The molecular weight excluding hydrogens is 392 g/mol. The molecule has 0 bridgehead atoms. The SMILES string of the molecule is C=CCN(CC(=O)N(Cc1ccco1)C[C@H]1CCCO1)C(=O)[C@H]1C[C@H]1c1ccccc1. The number of nitrogens with zero attached hydrogens (tertiary/aromatic N) is 2. The van der Waals surface area contributed by atoms with Crippen molar-refractivity contribution in [3.63, 3.8) is 0 Å². The average Bonchev–Trinajstić information content (AvgIpc) is 3.12. The Morgan fingerprint density at radius 2 is 1.97 bits per heavy atom. The number of amides is 2. The van der Waals surface area contributed by atoms with E-state index < -0.39 is 0 Å². The number of furan rings is 1. The average molecular weight is 423 g/mol. The fraction of sp³-hybridized carbons (Fsp3) is 0.440. The van der Waals surface area contributed by atoms with E-state index >= 15 is 0 Å². The van der Waals surface area contributed by atoms with Crippen molar-refractivity contribution >= 4 is 11.8 Å². The van der Waals surface area contributed by atoms with Gasteiger partial charge in [0.2, 0.25) is 11.8 Å². The molecule has 1 saturated heterocycles. The van der Waals surface area contributed by atoms with Crippen molar-refractivity contribution < 1.29 is 18.7 Å². The fourth-order valence-electron chi connectivity index (χ4n) is 4.30. The van der Waals surface area contributed by atoms with Crippen molar-refractivity contribution in [1.82, 2.24) is 9.80 Å². The Kier molecular flexibility index (Phi) is 6.87. The van der Waals surface area contributed by atoms with Gasteiger partial charge in [0.1, 0.15) is 12.3 Å². The third-order valence-corrected chi connectivity index (χ3v) is 6.05. The maximum atomic E-state index is 13.2. The predicted octanol–water partition coefficient (Wildman–Crippen LogP) is 3.61. The van der Waals surface area contributed by atoms with Crippen molar-refractivity contribution in [2.24, 2.45) is 5.92 Å². The van der Waals surface area contributed by atoms with E-state index in [4.69, 9.17) is 9.15 Å². The zero-order valence-electron chi connectivity index (χ0n) is 17.8. The van der Waals surface area contributed by atoms with E-state index in [0.717, 1.165) is 31.6 Å². The van der Waals surface area contributed by atoms with Gasteiger partial charge in [-0.3, -0.25) is 9.59 Å². The van der Waals surface area contributed by atoms with E-state index in [1.165, 1.54) is 5.56 Å². The first-order chi connectivity index (χ1) is 15.2. The smallest absolute Gasteiger partial charge is 0.242 e. The third kappa shape index (κ3) is 5.44. The van der Waals surface area contributed by atoms with Gasteiger partial charge in [-0.2, -0.15) is 0 Å². The second kappa shape index (κ2) is 9.96. The van der Waals surface area contributed by atoms with Crippen molar-refractivity contribution in [3.05, 3.63) is 72.7 Å². The number of hydrogen-bond acceptors (Lipinski definition) is 4. The highest BCUT2D eigenvalue weighted by atomic mass is 16.5. The lowest BCUT2D eigenvalue weighted by atomic mass is 10.1. The molecule has 0 unspecified atom stereocenters. The van der Waals surface area contributed by atoms with Crippen LogP contribution in [0.1, 0.15) is 36.5 Å². The molecule has 1 saturated carbocycles. The van der Waals surface area contributed by atoms with E-state index in [2.05, 4.69) is 18.7 Å². The zero-order valence-corrected chi connectivity index (χ0v) is 17.8. The quantitative estimate of drug-likeness (QED) is 0.549. The van der Waals surface area contributed by atoms with Gasteiger partial charge >= 0.3 is 0 Å². The first-order valence-corrected chi connectivity index (χ1v) is 11.0. The lowest BCUT2D eigenvalue weighted by Crippen LogP contribution is -2.45. The second-order valence-electron chi connectivity index (χ2n) is 8.36. The van der Waals surface area contributed by atoms with Gasteiger partial charge in [0.25, 0.3) is 0 Å². The first kappa shape index (κ1) is 21.4. The fourth-order valence-corrected chi connectivity index (χ4v) is 4.30. The lowest BCUT2D eigenvalue weighted by Gasteiger charge is -2.28. The Morgan fingerprint density at radius 3 is 2.65 bits per heavy atom. The molecule has 2 aromatic rings. The van der Waals surface area contributed by atoms with Gasteiger partial charge in [-0.15, -0.1) is 6.58 Å². The summed E-state index contributed by atoms with van der Waals surface area (Å²) in [5.41, 5.74) is 1.18. The molecule has 4 rings (SSSR count). The highest BCUT2D eigenvalue weighted by Crippen LogP contribution is 2.48. The van der Waals surface area contributed by atoms with E-state index in [9.17, 15) is 9.59 Å². The van der Waals surface area contributed by atoms with Gasteiger partial charge in [0, 0.05) is 25.6 Å². The Morgan fingerprint density at radius 1 is 1.13 bits per heavy atom. The number of hydrogen-bond donors (Lipinski definition) is 0. The van der Waals surface area contributed by atoms with Gasteiger partial charge in [-0.05, 0) is 42.9 Å². The molecular formula is C25H30N2O4. The van der Waals surface area contributed by atoms with Gasteiger partial charge < -0.3 is 19.0 Å². The molecule has 6 nitrogen and oxygen atoms in total. The van der Waals surface area contributed by atoms with Crippen LogP contribution >= 0.6 is 0 Å². The molecule has 1 aromatic carbocycles. The van der Waals surface area contributed by atoms with Crippen LogP contribution in [0.5, 0.6) is 0 Å². The molecule has 1 aromatic heterocycles. The summed E-state index contributed by atoms with van der Waals surface area (Å²) in [4.78, 5) is 29.8. The standard InChI is InChI=1S/C25H30N2O4/c1-2-12-26(25(29)23-15-22(23)19-8-4-3-5-9-19)18-24(28)27(16-20-10-6-13-30-20)17-21-11-7-14-31-21/h2-6,8-10,13,21-23H,1,7,11-12,14-18H2/t21-,22+,23+/m1/s1. The summed E-state index contributed by atoms with van der Waals surface area (Å²) >= 11 is 0. The molecule has 164 valence electrons. The van der Waals surface area contributed by atoms with Crippen LogP contribution in [0.2, 0.25) is 0 Å². The molecule has 2 heterocycles. The largest absolute Gasteiger partial charge is 0.467 e. The van der Waals surface area contributed by atoms with Crippen LogP contribution in [0, 0.1) is 5.92 Å². The number of benzene rings is 1. The molecule has 1 aliphatic carbocycles. The highest BCUT2D eigenvalue weighted by molar-refractivity contribution is 5.88. The lowest BCUT2D eigenvalue weighted by molar-refractivity contribution is -0.142. The van der Waals surface area contributed by atoms with Crippen LogP contribution in [0.15, 0.2) is 65.8 Å². The maximum Gasteiger partial charge on any atom is 0.242 e. The Hall–Kier alpha value is -2.86. The van der Waals surface area contributed by atoms with Crippen molar-refractivity contribution in [3.8, 4) is 0 Å². The van der Waals surface area contributed by atoms with Gasteiger partial charge in [0.05, 0.1) is 18.9 Å². The summed E-state index contributed by atoms with van der Waals surface area (Å²) in [6, 6.07) is 13.8. The molecule has 31 heavy (non-hydrogen) atoms. The first-order valence-electron chi connectivity index (χ1n) is 11.0. The topological polar surface area (TPSA) is 63.0 Å². The number of rotatable bonds is 10. The van der Waals surface area contributed by atoms with Gasteiger partial charge in [-0.25, -0.2) is 0 Å². The van der Waals surface area contributed by atoms with Crippen molar-refractivity contribution in [2.75, 3.05) is 26.2 Å². The Balaban J connectivity index is 1.41. The molecule has 3 atom stereocenters. The zero-order chi connectivity index (χ0) is 21.6. The molecule has 1 aliphatic heterocycles. The molecule has 2 amide bonds. The highest BCUT2D eigenvalue weighted by Gasteiger charge is 2.45. The number of ether oxygens (including phenoxy) is 1. The minimum atomic E-state index is -0.0981. The summed E-state index contributed by atoms with van der Waals surface area (Å²) in [5, 5.41) is 0. The van der Waals surface area contributed by atoms with E-state index in [0.29, 0.717) is 19.6 Å². The van der Waals surface area contributed by atoms with Gasteiger partial charge in [-0.1, -0.05) is 36.4 Å². The minimum absolute atomic E-state index is 0.0252. The number of carbonyl (C=O) groups is 2. The van der Waals surface area contributed by atoms with Crippen molar-refractivity contribution in [1.29, 1.82) is 0 Å².